The maximum absolute atomic E-state index is 4.50. The molecule has 0 aliphatic carbocycles. The standard InChI is InChI=1S/C9H20.C2H6.CH5N.H2/c1-4-6-7-8-9(3)5-2;2*1-2;/h9H,4-8H2,1-3H3;1-2H3;2H2,1H3;1H. The van der Waals surface area contributed by atoms with E-state index in [2.05, 4.69) is 26.5 Å². The minimum absolute atomic E-state index is 0. The molecule has 0 spiro atoms. The van der Waals surface area contributed by atoms with Gasteiger partial charge in [-0.2, -0.15) is 0 Å². The molecule has 0 heterocycles. The van der Waals surface area contributed by atoms with Crippen LogP contribution in [0.25, 0.3) is 0 Å². The van der Waals surface area contributed by atoms with Crippen LogP contribution in [0.1, 0.15) is 68.1 Å². The van der Waals surface area contributed by atoms with Crippen molar-refractivity contribution in [3.8, 4) is 0 Å². The SMILES string of the molecule is CC.CCCCCC(C)CC.CN.[HH]. The summed E-state index contributed by atoms with van der Waals surface area (Å²) in [5.41, 5.74) is 4.50. The molecule has 0 aromatic carbocycles. The highest BCUT2D eigenvalue weighted by Gasteiger charge is 1.95. The summed E-state index contributed by atoms with van der Waals surface area (Å²) >= 11 is 0. The van der Waals surface area contributed by atoms with Crippen molar-refractivity contribution in [3.05, 3.63) is 0 Å². The second-order valence-electron chi connectivity index (χ2n) is 3.01. The molecule has 2 N–H and O–H groups in total. The molecule has 0 amide bonds. The van der Waals surface area contributed by atoms with Crippen molar-refractivity contribution in [3.63, 3.8) is 0 Å². The fourth-order valence-corrected chi connectivity index (χ4v) is 0.947. The van der Waals surface area contributed by atoms with Crippen LogP contribution < -0.4 is 5.73 Å². The third-order valence-corrected chi connectivity index (χ3v) is 2.00. The minimum atomic E-state index is 0. The summed E-state index contributed by atoms with van der Waals surface area (Å²) in [6.45, 7) is 10.9. The average molecular weight is 191 g/mol. The first-order chi connectivity index (χ1) is 6.31. The monoisotopic (exact) mass is 191 g/mol. The first-order valence-electron chi connectivity index (χ1n) is 5.89. The van der Waals surface area contributed by atoms with E-state index in [1.54, 1.807) is 0 Å². The van der Waals surface area contributed by atoms with E-state index in [9.17, 15) is 0 Å². The van der Waals surface area contributed by atoms with Crippen LogP contribution >= 0.6 is 0 Å². The number of hydrogen-bond acceptors (Lipinski definition) is 1. The van der Waals surface area contributed by atoms with Crippen LogP contribution in [-0.2, 0) is 0 Å². The van der Waals surface area contributed by atoms with Crippen molar-refractivity contribution in [1.29, 1.82) is 0 Å². The van der Waals surface area contributed by atoms with Crippen LogP contribution in [-0.4, -0.2) is 7.05 Å². The van der Waals surface area contributed by atoms with Gasteiger partial charge in [0.1, 0.15) is 0 Å². The largest absolute Gasteiger partial charge is 0.333 e. The second kappa shape index (κ2) is 22.7. The van der Waals surface area contributed by atoms with E-state index in [0.717, 1.165) is 5.92 Å². The summed E-state index contributed by atoms with van der Waals surface area (Å²) in [6.07, 6.45) is 7.00. The normalized spacial score (nSPS) is 10.4. The van der Waals surface area contributed by atoms with E-state index in [1.807, 2.05) is 13.8 Å². The summed E-state index contributed by atoms with van der Waals surface area (Å²) in [5.74, 6) is 0.955. The average Bonchev–Trinajstić information content (AvgIpc) is 2.24. The van der Waals surface area contributed by atoms with Gasteiger partial charge in [-0.05, 0) is 13.0 Å². The Hall–Kier alpha value is -0.0400. The van der Waals surface area contributed by atoms with Crippen molar-refractivity contribution in [2.24, 2.45) is 11.7 Å². The van der Waals surface area contributed by atoms with Gasteiger partial charge in [0.15, 0.2) is 0 Å². The van der Waals surface area contributed by atoms with E-state index < -0.39 is 0 Å². The van der Waals surface area contributed by atoms with Gasteiger partial charge >= 0.3 is 0 Å². The first kappa shape index (κ1) is 18.7. The molecule has 0 saturated heterocycles. The molecule has 0 aliphatic rings. The van der Waals surface area contributed by atoms with Gasteiger partial charge in [-0.3, -0.25) is 0 Å². The summed E-state index contributed by atoms with van der Waals surface area (Å²) in [4.78, 5) is 0. The van der Waals surface area contributed by atoms with Crippen molar-refractivity contribution >= 4 is 0 Å². The van der Waals surface area contributed by atoms with Crippen LogP contribution in [0.2, 0.25) is 0 Å². The zero-order valence-corrected chi connectivity index (χ0v) is 10.7. The van der Waals surface area contributed by atoms with Gasteiger partial charge in [-0.1, -0.05) is 66.7 Å². The maximum atomic E-state index is 4.50. The Bertz CT molecular complexity index is 58.3. The molecule has 0 rings (SSSR count). The molecular weight excluding hydrogens is 158 g/mol. The Morgan fingerprint density at radius 1 is 1.08 bits per heavy atom. The molecule has 1 atom stereocenters. The molecule has 0 aliphatic heterocycles. The molecular formula is C12H33N. The summed E-state index contributed by atoms with van der Waals surface area (Å²) in [5, 5.41) is 0. The lowest BCUT2D eigenvalue weighted by molar-refractivity contribution is 0.482. The third-order valence-electron chi connectivity index (χ3n) is 2.00. The summed E-state index contributed by atoms with van der Waals surface area (Å²) in [6, 6.07) is 0. The number of hydrogen-bond donors (Lipinski definition) is 1. The molecule has 1 heteroatoms. The van der Waals surface area contributed by atoms with Gasteiger partial charge in [0, 0.05) is 1.43 Å². The molecule has 0 saturated carbocycles. The van der Waals surface area contributed by atoms with E-state index in [-0.39, 0.29) is 1.43 Å². The molecule has 0 radical (unpaired) electrons. The van der Waals surface area contributed by atoms with Crippen molar-refractivity contribution in [1.82, 2.24) is 0 Å². The van der Waals surface area contributed by atoms with Gasteiger partial charge in [-0.15, -0.1) is 0 Å². The number of nitrogens with two attached hydrogens (primary N) is 1. The Balaban J connectivity index is -0.0000000883. The van der Waals surface area contributed by atoms with Crippen molar-refractivity contribution < 1.29 is 1.43 Å². The molecule has 1 nitrogen and oxygen atoms in total. The maximum Gasteiger partial charge on any atom is 0 e. The lowest BCUT2D eigenvalue weighted by atomic mass is 10.0. The summed E-state index contributed by atoms with van der Waals surface area (Å²) < 4.78 is 0. The highest BCUT2D eigenvalue weighted by atomic mass is 14.4. The van der Waals surface area contributed by atoms with E-state index in [4.69, 9.17) is 0 Å². The predicted molar refractivity (Wildman–Crippen MR) is 67.2 cm³/mol. The topological polar surface area (TPSA) is 26.0 Å². The molecule has 86 valence electrons. The third kappa shape index (κ3) is 24.5. The van der Waals surface area contributed by atoms with Gasteiger partial charge in [0.25, 0.3) is 0 Å². The van der Waals surface area contributed by atoms with Crippen LogP contribution in [0.3, 0.4) is 0 Å². The van der Waals surface area contributed by atoms with E-state index in [0.29, 0.717) is 0 Å². The van der Waals surface area contributed by atoms with Gasteiger partial charge < -0.3 is 5.73 Å². The Morgan fingerprint density at radius 3 is 1.85 bits per heavy atom. The second-order valence-corrected chi connectivity index (χ2v) is 3.01. The Labute approximate surface area is 87.6 Å². The molecule has 1 unspecified atom stereocenters. The lowest BCUT2D eigenvalue weighted by Gasteiger charge is -2.05. The first-order valence-corrected chi connectivity index (χ1v) is 5.89. The molecule has 0 bridgehead atoms. The van der Waals surface area contributed by atoms with E-state index in [1.165, 1.54) is 39.2 Å². The highest BCUT2D eigenvalue weighted by Crippen LogP contribution is 2.11. The van der Waals surface area contributed by atoms with Crippen molar-refractivity contribution in [2.45, 2.75) is 66.7 Å². The minimum Gasteiger partial charge on any atom is -0.333 e. The fraction of sp³-hybridized carbons (Fsp3) is 1.00. The smallest absolute Gasteiger partial charge is 0 e. The van der Waals surface area contributed by atoms with Gasteiger partial charge in [0.05, 0.1) is 0 Å². The van der Waals surface area contributed by atoms with Crippen LogP contribution in [0, 0.1) is 5.92 Å². The molecule has 0 aromatic heterocycles. The van der Waals surface area contributed by atoms with Crippen molar-refractivity contribution in [2.75, 3.05) is 7.05 Å². The van der Waals surface area contributed by atoms with E-state index >= 15 is 0 Å². The highest BCUT2D eigenvalue weighted by molar-refractivity contribution is 4.49. The fourth-order valence-electron chi connectivity index (χ4n) is 0.947. The van der Waals surface area contributed by atoms with Gasteiger partial charge in [-0.25, -0.2) is 0 Å². The quantitative estimate of drug-likeness (QED) is 0.638. The van der Waals surface area contributed by atoms with Crippen LogP contribution in [0.15, 0.2) is 0 Å². The predicted octanol–water partition coefficient (Wildman–Crippen LogP) is 4.46. The zero-order chi connectivity index (χ0) is 11.1. The summed E-state index contributed by atoms with van der Waals surface area (Å²) in [7, 11) is 1.50. The van der Waals surface area contributed by atoms with Gasteiger partial charge in [0.2, 0.25) is 0 Å². The molecule has 13 heavy (non-hydrogen) atoms. The Kier molecular flexibility index (Phi) is 32.6. The van der Waals surface area contributed by atoms with Crippen LogP contribution in [0.5, 0.6) is 0 Å². The number of rotatable bonds is 5. The lowest BCUT2D eigenvalue weighted by Crippen LogP contribution is -1.90. The molecule has 0 fully saturated rings. The zero-order valence-electron chi connectivity index (χ0n) is 10.7. The van der Waals surface area contributed by atoms with Crippen LogP contribution in [0.4, 0.5) is 0 Å². The Morgan fingerprint density at radius 2 is 1.54 bits per heavy atom. The molecule has 0 aromatic rings. The number of unbranched alkanes of at least 4 members (excludes halogenated alkanes) is 2.